The van der Waals surface area contributed by atoms with Gasteiger partial charge < -0.3 is 15.4 Å². The second-order valence-corrected chi connectivity index (χ2v) is 3.38. The Morgan fingerprint density at radius 3 is 2.62 bits per heavy atom. The van der Waals surface area contributed by atoms with Crippen molar-refractivity contribution in [2.24, 2.45) is 5.73 Å². The van der Waals surface area contributed by atoms with Crippen LogP contribution in [-0.2, 0) is 9.53 Å². The van der Waals surface area contributed by atoms with Crippen LogP contribution in [0.2, 0.25) is 0 Å². The van der Waals surface area contributed by atoms with Crippen LogP contribution in [0.25, 0.3) is 0 Å². The molecule has 0 unspecified atom stereocenters. The summed E-state index contributed by atoms with van der Waals surface area (Å²) in [4.78, 5) is 12.6. The number of carbonyl (C=O) groups is 1. The Hall–Kier alpha value is -0.750. The highest BCUT2D eigenvalue weighted by Crippen LogP contribution is 2.01. The number of nitrogens with zero attached hydrogens (tertiary/aromatic N) is 1. The summed E-state index contributed by atoms with van der Waals surface area (Å²) in [5.74, 6) is -0.332. The van der Waals surface area contributed by atoms with Crippen LogP contribution in [0.4, 0.5) is 8.78 Å². The molecule has 0 radical (unpaired) electrons. The van der Waals surface area contributed by atoms with Gasteiger partial charge in [0.1, 0.15) is 0 Å². The maximum absolute atomic E-state index is 12.1. The van der Waals surface area contributed by atoms with Crippen molar-refractivity contribution in [3.63, 3.8) is 0 Å². The van der Waals surface area contributed by atoms with E-state index in [0.29, 0.717) is 6.61 Å². The van der Waals surface area contributed by atoms with E-state index in [1.165, 1.54) is 0 Å². The molecular weight excluding hydrogens is 218 g/mol. The minimum atomic E-state index is -2.52. The summed E-state index contributed by atoms with van der Waals surface area (Å²) in [7, 11) is 0. The predicted molar refractivity (Wildman–Crippen MR) is 57.4 cm³/mol. The first kappa shape index (κ1) is 15.2. The van der Waals surface area contributed by atoms with E-state index in [9.17, 15) is 13.6 Å². The largest absolute Gasteiger partial charge is 0.381 e. The molecule has 4 nitrogen and oxygen atoms in total. The molecule has 0 rings (SSSR count). The standard InChI is InChI=1S/C10H20F2N2O2/c1-2-6-16-7-3-10(15)14(5-4-13)8-9(11)12/h9H,2-8,13H2,1H3. The molecule has 0 aliphatic heterocycles. The van der Waals surface area contributed by atoms with E-state index >= 15 is 0 Å². The van der Waals surface area contributed by atoms with Crippen LogP contribution in [0.5, 0.6) is 0 Å². The third kappa shape index (κ3) is 7.53. The van der Waals surface area contributed by atoms with E-state index in [0.717, 1.165) is 11.3 Å². The SMILES string of the molecule is CCCOCCC(=O)N(CCN)CC(F)F. The summed E-state index contributed by atoms with van der Waals surface area (Å²) < 4.78 is 29.4. The van der Waals surface area contributed by atoms with Crippen molar-refractivity contribution < 1.29 is 18.3 Å². The van der Waals surface area contributed by atoms with Crippen LogP contribution >= 0.6 is 0 Å². The molecule has 16 heavy (non-hydrogen) atoms. The van der Waals surface area contributed by atoms with Crippen LogP contribution in [0.1, 0.15) is 19.8 Å². The van der Waals surface area contributed by atoms with Gasteiger partial charge in [-0.2, -0.15) is 0 Å². The van der Waals surface area contributed by atoms with E-state index in [1.54, 1.807) is 0 Å². The average molecular weight is 238 g/mol. The lowest BCUT2D eigenvalue weighted by Gasteiger charge is -2.21. The fourth-order valence-corrected chi connectivity index (χ4v) is 1.20. The number of carbonyl (C=O) groups excluding carboxylic acids is 1. The number of hydrogen-bond donors (Lipinski definition) is 1. The van der Waals surface area contributed by atoms with E-state index < -0.39 is 13.0 Å². The summed E-state index contributed by atoms with van der Waals surface area (Å²) in [6.07, 6.45) is -1.52. The Morgan fingerprint density at radius 1 is 1.44 bits per heavy atom. The van der Waals surface area contributed by atoms with Crippen LogP contribution in [0, 0.1) is 0 Å². The van der Waals surface area contributed by atoms with Crippen molar-refractivity contribution >= 4 is 5.91 Å². The third-order valence-electron chi connectivity index (χ3n) is 1.92. The fraction of sp³-hybridized carbons (Fsp3) is 0.900. The molecule has 0 bridgehead atoms. The van der Waals surface area contributed by atoms with Gasteiger partial charge in [-0.15, -0.1) is 0 Å². The van der Waals surface area contributed by atoms with Gasteiger partial charge in [-0.05, 0) is 6.42 Å². The molecule has 0 heterocycles. The molecule has 0 aliphatic rings. The zero-order chi connectivity index (χ0) is 12.4. The van der Waals surface area contributed by atoms with Crippen LogP contribution in [-0.4, -0.2) is 50.1 Å². The molecule has 0 atom stereocenters. The second-order valence-electron chi connectivity index (χ2n) is 3.38. The first-order chi connectivity index (χ1) is 7.61. The lowest BCUT2D eigenvalue weighted by molar-refractivity contribution is -0.134. The number of ether oxygens (including phenoxy) is 1. The number of alkyl halides is 2. The van der Waals surface area contributed by atoms with Crippen molar-refractivity contribution in [2.45, 2.75) is 26.2 Å². The molecule has 0 aromatic heterocycles. The predicted octanol–water partition coefficient (Wildman–Crippen LogP) is 0.855. The summed E-state index contributed by atoms with van der Waals surface area (Å²) in [5, 5.41) is 0. The highest BCUT2D eigenvalue weighted by Gasteiger charge is 2.16. The van der Waals surface area contributed by atoms with Crippen molar-refractivity contribution in [1.29, 1.82) is 0 Å². The molecule has 0 aliphatic carbocycles. The molecular formula is C10H20F2N2O2. The monoisotopic (exact) mass is 238 g/mol. The van der Waals surface area contributed by atoms with E-state index in [-0.39, 0.29) is 32.0 Å². The maximum Gasteiger partial charge on any atom is 0.255 e. The smallest absolute Gasteiger partial charge is 0.255 e. The lowest BCUT2D eigenvalue weighted by atomic mass is 10.3. The molecule has 2 N–H and O–H groups in total. The number of halogens is 2. The molecule has 0 aromatic rings. The quantitative estimate of drug-likeness (QED) is 0.606. The molecule has 96 valence electrons. The zero-order valence-electron chi connectivity index (χ0n) is 9.62. The summed E-state index contributed by atoms with van der Waals surface area (Å²) in [6, 6.07) is 0. The first-order valence-corrected chi connectivity index (χ1v) is 5.45. The van der Waals surface area contributed by atoms with Gasteiger partial charge in [-0.25, -0.2) is 8.78 Å². The molecule has 0 saturated heterocycles. The van der Waals surface area contributed by atoms with Crippen molar-refractivity contribution in [1.82, 2.24) is 4.90 Å². The Kier molecular flexibility index (Phi) is 9.03. The number of hydrogen-bond acceptors (Lipinski definition) is 3. The normalized spacial score (nSPS) is 10.8. The highest BCUT2D eigenvalue weighted by atomic mass is 19.3. The number of amides is 1. The Morgan fingerprint density at radius 2 is 2.12 bits per heavy atom. The van der Waals surface area contributed by atoms with E-state index in [2.05, 4.69) is 0 Å². The van der Waals surface area contributed by atoms with Crippen molar-refractivity contribution in [3.05, 3.63) is 0 Å². The average Bonchev–Trinajstić information content (AvgIpc) is 2.23. The molecule has 1 amide bonds. The molecule has 0 spiro atoms. The van der Waals surface area contributed by atoms with Crippen LogP contribution < -0.4 is 5.73 Å². The Balaban J connectivity index is 3.87. The topological polar surface area (TPSA) is 55.6 Å². The maximum atomic E-state index is 12.1. The summed E-state index contributed by atoms with van der Waals surface area (Å²) >= 11 is 0. The minimum Gasteiger partial charge on any atom is -0.381 e. The van der Waals surface area contributed by atoms with Gasteiger partial charge in [0.15, 0.2) is 0 Å². The molecule has 0 aromatic carbocycles. The van der Waals surface area contributed by atoms with Gasteiger partial charge in [0.2, 0.25) is 5.91 Å². The summed E-state index contributed by atoms with van der Waals surface area (Å²) in [6.45, 7) is 2.62. The number of nitrogens with two attached hydrogens (primary N) is 1. The van der Waals surface area contributed by atoms with Gasteiger partial charge >= 0.3 is 0 Å². The van der Waals surface area contributed by atoms with E-state index in [4.69, 9.17) is 10.5 Å². The van der Waals surface area contributed by atoms with Gasteiger partial charge in [0.05, 0.1) is 19.6 Å². The first-order valence-electron chi connectivity index (χ1n) is 5.45. The van der Waals surface area contributed by atoms with Gasteiger partial charge in [-0.3, -0.25) is 4.79 Å². The van der Waals surface area contributed by atoms with Gasteiger partial charge in [0, 0.05) is 19.7 Å². The second kappa shape index (κ2) is 9.47. The van der Waals surface area contributed by atoms with Crippen LogP contribution in [0.3, 0.4) is 0 Å². The lowest BCUT2D eigenvalue weighted by Crippen LogP contribution is -2.39. The van der Waals surface area contributed by atoms with Gasteiger partial charge in [-0.1, -0.05) is 6.92 Å². The minimum absolute atomic E-state index is 0.132. The summed E-state index contributed by atoms with van der Waals surface area (Å²) in [5.41, 5.74) is 5.25. The van der Waals surface area contributed by atoms with Crippen LogP contribution in [0.15, 0.2) is 0 Å². The third-order valence-corrected chi connectivity index (χ3v) is 1.92. The zero-order valence-corrected chi connectivity index (χ0v) is 9.62. The van der Waals surface area contributed by atoms with Gasteiger partial charge in [0.25, 0.3) is 6.43 Å². The molecule has 0 saturated carbocycles. The molecule has 0 fully saturated rings. The highest BCUT2D eigenvalue weighted by molar-refractivity contribution is 5.76. The van der Waals surface area contributed by atoms with Crippen molar-refractivity contribution in [3.8, 4) is 0 Å². The van der Waals surface area contributed by atoms with E-state index in [1.807, 2.05) is 6.92 Å². The Labute approximate surface area is 94.7 Å². The van der Waals surface area contributed by atoms with Crippen molar-refractivity contribution in [2.75, 3.05) is 32.8 Å². The fourth-order valence-electron chi connectivity index (χ4n) is 1.20. The number of rotatable bonds is 9. The Bertz CT molecular complexity index is 192. The molecule has 6 heteroatoms.